The highest BCUT2D eigenvalue weighted by Gasteiger charge is 2.18. The van der Waals surface area contributed by atoms with Gasteiger partial charge in [0.25, 0.3) is 0 Å². The van der Waals surface area contributed by atoms with E-state index < -0.39 is 0 Å². The van der Waals surface area contributed by atoms with Crippen molar-refractivity contribution in [3.05, 3.63) is 57.4 Å². The van der Waals surface area contributed by atoms with Crippen LogP contribution in [0.25, 0.3) is 0 Å². The van der Waals surface area contributed by atoms with Crippen LogP contribution in [0.3, 0.4) is 0 Å². The highest BCUT2D eigenvalue weighted by molar-refractivity contribution is 6.30. The molecular weight excluding hydrogens is 277 g/mol. The molecule has 0 radical (unpaired) electrons. The van der Waals surface area contributed by atoms with E-state index in [2.05, 4.69) is 22.2 Å². The minimum Gasteiger partial charge on any atom is -0.307 e. The van der Waals surface area contributed by atoms with Crippen LogP contribution in [0.5, 0.6) is 0 Å². The van der Waals surface area contributed by atoms with E-state index in [1.54, 1.807) is 18.2 Å². The summed E-state index contributed by atoms with van der Waals surface area (Å²) >= 11 is 5.81. The van der Waals surface area contributed by atoms with Crippen LogP contribution < -0.4 is 5.32 Å². The number of halogens is 2. The normalized spacial score (nSPS) is 13.6. The van der Waals surface area contributed by atoms with Crippen molar-refractivity contribution >= 4 is 11.6 Å². The lowest BCUT2D eigenvalue weighted by Gasteiger charge is -2.09. The Kier molecular flexibility index (Phi) is 3.68. The molecule has 1 N–H and O–H groups in total. The van der Waals surface area contributed by atoms with Crippen LogP contribution in [0.1, 0.15) is 35.3 Å². The van der Waals surface area contributed by atoms with Gasteiger partial charge in [-0.15, -0.1) is 0 Å². The number of aromatic nitrogens is 2. The standard InChI is InChI=1S/C15H15ClFN3/c1-2-12-10-7-18-8-13(10)20-14(19-12)6-9-4-3-5-11(16)15(9)17/h3-5,18H,2,6-8H2,1H3. The average molecular weight is 292 g/mol. The molecule has 3 nitrogen and oxygen atoms in total. The second-order valence-electron chi connectivity index (χ2n) is 4.86. The van der Waals surface area contributed by atoms with Crippen LogP contribution >= 0.6 is 11.6 Å². The molecule has 0 amide bonds. The van der Waals surface area contributed by atoms with E-state index in [0.717, 1.165) is 30.9 Å². The zero-order chi connectivity index (χ0) is 14.1. The van der Waals surface area contributed by atoms with Gasteiger partial charge in [-0.2, -0.15) is 0 Å². The van der Waals surface area contributed by atoms with Gasteiger partial charge in [-0.1, -0.05) is 30.7 Å². The first-order chi connectivity index (χ1) is 9.69. The van der Waals surface area contributed by atoms with E-state index >= 15 is 0 Å². The van der Waals surface area contributed by atoms with Crippen LogP contribution in [0.4, 0.5) is 4.39 Å². The van der Waals surface area contributed by atoms with Crippen molar-refractivity contribution in [3.63, 3.8) is 0 Å². The summed E-state index contributed by atoms with van der Waals surface area (Å²) < 4.78 is 13.9. The van der Waals surface area contributed by atoms with Crippen molar-refractivity contribution in [1.82, 2.24) is 15.3 Å². The SMILES string of the molecule is CCc1nc(Cc2cccc(Cl)c2F)nc2c1CNC2. The van der Waals surface area contributed by atoms with Crippen molar-refractivity contribution < 1.29 is 4.39 Å². The summed E-state index contributed by atoms with van der Waals surface area (Å²) in [6.45, 7) is 3.66. The Morgan fingerprint density at radius 1 is 1.30 bits per heavy atom. The number of rotatable bonds is 3. The summed E-state index contributed by atoms with van der Waals surface area (Å²) in [6, 6.07) is 5.02. The molecule has 0 aliphatic carbocycles. The predicted molar refractivity (Wildman–Crippen MR) is 76.2 cm³/mol. The van der Waals surface area contributed by atoms with Gasteiger partial charge in [0.15, 0.2) is 0 Å². The molecule has 0 fully saturated rings. The van der Waals surface area contributed by atoms with Gasteiger partial charge >= 0.3 is 0 Å². The van der Waals surface area contributed by atoms with Crippen LogP contribution in [0.15, 0.2) is 18.2 Å². The quantitative estimate of drug-likeness (QED) is 0.944. The fourth-order valence-corrected chi connectivity index (χ4v) is 2.72. The average Bonchev–Trinajstić information content (AvgIpc) is 2.91. The highest BCUT2D eigenvalue weighted by atomic mass is 35.5. The number of nitrogens with zero attached hydrogens (tertiary/aromatic N) is 2. The lowest BCUT2D eigenvalue weighted by atomic mass is 10.1. The number of aryl methyl sites for hydroxylation is 1. The van der Waals surface area contributed by atoms with E-state index in [4.69, 9.17) is 11.6 Å². The Labute approximate surface area is 122 Å². The Bertz CT molecular complexity index is 658. The van der Waals surface area contributed by atoms with Crippen LogP contribution in [0.2, 0.25) is 5.02 Å². The molecule has 0 bridgehead atoms. The highest BCUT2D eigenvalue weighted by Crippen LogP contribution is 2.22. The molecule has 1 aliphatic heterocycles. The molecular formula is C15H15ClFN3. The van der Waals surface area contributed by atoms with Gasteiger partial charge in [-0.25, -0.2) is 14.4 Å². The number of hydrogen-bond donors (Lipinski definition) is 1. The van der Waals surface area contributed by atoms with Crippen molar-refractivity contribution in [3.8, 4) is 0 Å². The summed E-state index contributed by atoms with van der Waals surface area (Å²) in [4.78, 5) is 9.11. The minimum atomic E-state index is -0.380. The second-order valence-corrected chi connectivity index (χ2v) is 5.27. The first-order valence-electron chi connectivity index (χ1n) is 6.70. The molecule has 1 aromatic heterocycles. The number of fused-ring (bicyclic) bond motifs is 1. The molecule has 20 heavy (non-hydrogen) atoms. The Hall–Kier alpha value is -1.52. The van der Waals surface area contributed by atoms with Crippen molar-refractivity contribution in [2.75, 3.05) is 0 Å². The number of nitrogens with one attached hydrogen (secondary N) is 1. The van der Waals surface area contributed by atoms with Crippen LogP contribution in [-0.4, -0.2) is 9.97 Å². The van der Waals surface area contributed by atoms with Gasteiger partial charge < -0.3 is 5.32 Å². The van der Waals surface area contributed by atoms with Crippen molar-refractivity contribution in [2.45, 2.75) is 32.9 Å². The Balaban J connectivity index is 1.97. The summed E-state index contributed by atoms with van der Waals surface area (Å²) in [5.74, 6) is 0.278. The van der Waals surface area contributed by atoms with Crippen molar-refractivity contribution in [2.24, 2.45) is 0 Å². The molecule has 5 heteroatoms. The van der Waals surface area contributed by atoms with Gasteiger partial charge in [0.05, 0.1) is 10.7 Å². The predicted octanol–water partition coefficient (Wildman–Crippen LogP) is 3.03. The molecule has 0 saturated heterocycles. The minimum absolute atomic E-state index is 0.140. The summed E-state index contributed by atoms with van der Waals surface area (Å²) in [5, 5.41) is 3.42. The van der Waals surface area contributed by atoms with Gasteiger partial charge in [-0.3, -0.25) is 0 Å². The topological polar surface area (TPSA) is 37.8 Å². The van der Waals surface area contributed by atoms with Gasteiger partial charge in [0.2, 0.25) is 0 Å². The summed E-state index contributed by atoms with van der Waals surface area (Å²) in [5.41, 5.74) is 3.82. The first kappa shape index (κ1) is 13.5. The van der Waals surface area contributed by atoms with E-state index in [-0.39, 0.29) is 10.8 Å². The third-order valence-corrected chi connectivity index (χ3v) is 3.83. The number of benzene rings is 1. The molecule has 0 atom stereocenters. The van der Waals surface area contributed by atoms with E-state index in [1.807, 2.05) is 0 Å². The van der Waals surface area contributed by atoms with Crippen molar-refractivity contribution in [1.29, 1.82) is 0 Å². The lowest BCUT2D eigenvalue weighted by Crippen LogP contribution is -2.07. The summed E-state index contributed by atoms with van der Waals surface area (Å²) in [7, 11) is 0. The zero-order valence-corrected chi connectivity index (χ0v) is 12.0. The molecule has 1 aromatic carbocycles. The Morgan fingerprint density at radius 2 is 2.15 bits per heavy atom. The maximum absolute atomic E-state index is 13.9. The maximum atomic E-state index is 13.9. The first-order valence-corrected chi connectivity index (χ1v) is 7.08. The monoisotopic (exact) mass is 291 g/mol. The lowest BCUT2D eigenvalue weighted by molar-refractivity contribution is 0.612. The molecule has 0 saturated carbocycles. The molecule has 104 valence electrons. The van der Waals surface area contributed by atoms with Gasteiger partial charge in [0.1, 0.15) is 11.6 Å². The smallest absolute Gasteiger partial charge is 0.145 e. The summed E-state index contributed by atoms with van der Waals surface area (Å²) in [6.07, 6.45) is 1.23. The molecule has 0 spiro atoms. The zero-order valence-electron chi connectivity index (χ0n) is 11.2. The third-order valence-electron chi connectivity index (χ3n) is 3.53. The third kappa shape index (κ3) is 2.41. The van der Waals surface area contributed by atoms with E-state index in [0.29, 0.717) is 17.8 Å². The number of hydrogen-bond acceptors (Lipinski definition) is 3. The van der Waals surface area contributed by atoms with E-state index in [9.17, 15) is 4.39 Å². The molecule has 3 rings (SSSR count). The fourth-order valence-electron chi connectivity index (χ4n) is 2.52. The maximum Gasteiger partial charge on any atom is 0.145 e. The van der Waals surface area contributed by atoms with Crippen LogP contribution in [0, 0.1) is 5.82 Å². The Morgan fingerprint density at radius 3 is 2.95 bits per heavy atom. The molecule has 2 aromatic rings. The fraction of sp³-hybridized carbons (Fsp3) is 0.333. The second kappa shape index (κ2) is 5.46. The molecule has 0 unspecified atom stereocenters. The van der Waals surface area contributed by atoms with Crippen LogP contribution in [-0.2, 0) is 25.9 Å². The molecule has 1 aliphatic rings. The van der Waals surface area contributed by atoms with E-state index in [1.165, 1.54) is 5.56 Å². The van der Waals surface area contributed by atoms with Gasteiger partial charge in [-0.05, 0) is 18.1 Å². The van der Waals surface area contributed by atoms with Gasteiger partial charge in [0, 0.05) is 30.8 Å². The largest absolute Gasteiger partial charge is 0.307 e. The molecule has 2 heterocycles.